The molecule has 4 rings (SSSR count). The second kappa shape index (κ2) is 9.89. The van der Waals surface area contributed by atoms with Gasteiger partial charge < -0.3 is 15.2 Å². The van der Waals surface area contributed by atoms with E-state index in [9.17, 15) is 9.59 Å². The van der Waals surface area contributed by atoms with E-state index in [-0.39, 0.29) is 29.3 Å². The standard InChI is InChI=1S/C23H26N4O2.ClH/c1-26-10-12-27(13-11-26)16-18-8-6-17(7-9-18)14-25-23(29)20-15-24-21-5-3-2-4-19(21)22(20)28;/h2-9,15H,10-14,16H2,1H3,(H,24,28)(H,25,29);1H. The normalized spacial score (nSPS) is 15.0. The maximum absolute atomic E-state index is 12.5. The van der Waals surface area contributed by atoms with Crippen LogP contribution in [0.1, 0.15) is 21.5 Å². The third kappa shape index (κ3) is 5.08. The van der Waals surface area contributed by atoms with Crippen molar-refractivity contribution in [2.24, 2.45) is 0 Å². The molecule has 1 amide bonds. The SMILES string of the molecule is CN1CCN(Cc2ccc(CNC(=O)c3c[nH]c4ccccc4c3=O)cc2)CC1.Cl. The van der Waals surface area contributed by atoms with Crippen molar-refractivity contribution >= 4 is 29.2 Å². The first-order valence-electron chi connectivity index (χ1n) is 9.97. The van der Waals surface area contributed by atoms with Gasteiger partial charge in [-0.15, -0.1) is 12.4 Å². The number of H-pyrrole nitrogens is 1. The maximum Gasteiger partial charge on any atom is 0.257 e. The van der Waals surface area contributed by atoms with Crippen LogP contribution in [0.15, 0.2) is 59.5 Å². The minimum absolute atomic E-state index is 0. The average molecular weight is 427 g/mol. The lowest BCUT2D eigenvalue weighted by Crippen LogP contribution is -2.43. The number of benzene rings is 2. The van der Waals surface area contributed by atoms with Crippen LogP contribution in [-0.4, -0.2) is 53.9 Å². The first kappa shape index (κ1) is 22.0. The summed E-state index contributed by atoms with van der Waals surface area (Å²) in [4.78, 5) is 32.9. The minimum atomic E-state index is -0.362. The molecule has 0 atom stereocenters. The van der Waals surface area contributed by atoms with Gasteiger partial charge in [0, 0.05) is 56.4 Å². The zero-order chi connectivity index (χ0) is 20.2. The Morgan fingerprint density at radius 1 is 1.00 bits per heavy atom. The Hall–Kier alpha value is -2.67. The number of rotatable bonds is 5. The van der Waals surface area contributed by atoms with Crippen LogP contribution in [0.4, 0.5) is 0 Å². The third-order valence-electron chi connectivity index (χ3n) is 5.51. The molecule has 0 bridgehead atoms. The number of nitrogens with one attached hydrogen (secondary N) is 2. The summed E-state index contributed by atoms with van der Waals surface area (Å²) in [7, 11) is 2.16. The number of hydrogen-bond donors (Lipinski definition) is 2. The van der Waals surface area contributed by atoms with Gasteiger partial charge in [-0.3, -0.25) is 14.5 Å². The molecule has 1 fully saturated rings. The second-order valence-electron chi connectivity index (χ2n) is 7.66. The van der Waals surface area contributed by atoms with Crippen molar-refractivity contribution in [2.75, 3.05) is 33.2 Å². The number of halogens is 1. The molecule has 1 saturated heterocycles. The topological polar surface area (TPSA) is 68.4 Å². The Morgan fingerprint density at radius 2 is 1.67 bits per heavy atom. The van der Waals surface area contributed by atoms with Crippen LogP contribution < -0.4 is 10.7 Å². The maximum atomic E-state index is 12.5. The molecule has 1 aliphatic heterocycles. The Bertz CT molecular complexity index is 1060. The summed E-state index contributed by atoms with van der Waals surface area (Å²) in [6, 6.07) is 15.5. The van der Waals surface area contributed by atoms with E-state index in [1.54, 1.807) is 12.1 Å². The number of carbonyl (C=O) groups excluding carboxylic acids is 1. The van der Waals surface area contributed by atoms with Gasteiger partial charge in [0.05, 0.1) is 0 Å². The molecule has 30 heavy (non-hydrogen) atoms. The van der Waals surface area contributed by atoms with Gasteiger partial charge in [0.2, 0.25) is 5.43 Å². The van der Waals surface area contributed by atoms with Crippen LogP contribution in [0.5, 0.6) is 0 Å². The fourth-order valence-electron chi connectivity index (χ4n) is 3.64. The van der Waals surface area contributed by atoms with Crippen molar-refractivity contribution in [1.29, 1.82) is 0 Å². The number of pyridine rings is 1. The number of nitrogens with zero attached hydrogens (tertiary/aromatic N) is 2. The Balaban J connectivity index is 0.00000256. The van der Waals surface area contributed by atoms with Crippen LogP contribution in [-0.2, 0) is 13.1 Å². The fraction of sp³-hybridized carbons (Fsp3) is 0.304. The summed E-state index contributed by atoms with van der Waals surface area (Å²) < 4.78 is 0. The first-order chi connectivity index (χ1) is 14.1. The molecule has 0 saturated carbocycles. The lowest BCUT2D eigenvalue weighted by molar-refractivity contribution is 0.0949. The molecular weight excluding hydrogens is 400 g/mol. The van der Waals surface area contributed by atoms with Gasteiger partial charge in [-0.05, 0) is 30.3 Å². The molecule has 2 heterocycles. The van der Waals surface area contributed by atoms with Crippen molar-refractivity contribution in [3.63, 3.8) is 0 Å². The highest BCUT2D eigenvalue weighted by Crippen LogP contribution is 2.10. The number of aromatic nitrogens is 1. The van der Waals surface area contributed by atoms with Gasteiger partial charge in [-0.1, -0.05) is 36.4 Å². The van der Waals surface area contributed by atoms with Crippen molar-refractivity contribution in [3.05, 3.63) is 81.6 Å². The zero-order valence-corrected chi connectivity index (χ0v) is 17.9. The predicted molar refractivity (Wildman–Crippen MR) is 122 cm³/mol. The zero-order valence-electron chi connectivity index (χ0n) is 17.1. The van der Waals surface area contributed by atoms with Gasteiger partial charge in [0.15, 0.2) is 0 Å². The summed E-state index contributed by atoms with van der Waals surface area (Å²) in [6.07, 6.45) is 1.49. The quantitative estimate of drug-likeness (QED) is 0.658. The van der Waals surface area contributed by atoms with E-state index >= 15 is 0 Å². The molecule has 158 valence electrons. The van der Waals surface area contributed by atoms with Crippen molar-refractivity contribution in [3.8, 4) is 0 Å². The molecule has 2 aromatic carbocycles. The molecule has 1 aromatic heterocycles. The summed E-state index contributed by atoms with van der Waals surface area (Å²) in [6.45, 7) is 5.74. The molecule has 6 nitrogen and oxygen atoms in total. The molecule has 1 aliphatic rings. The molecule has 2 N–H and O–H groups in total. The fourth-order valence-corrected chi connectivity index (χ4v) is 3.64. The van der Waals surface area contributed by atoms with E-state index in [4.69, 9.17) is 0 Å². The van der Waals surface area contributed by atoms with Gasteiger partial charge >= 0.3 is 0 Å². The number of aromatic amines is 1. The van der Waals surface area contributed by atoms with Gasteiger partial charge in [-0.2, -0.15) is 0 Å². The Morgan fingerprint density at radius 3 is 2.40 bits per heavy atom. The molecule has 0 spiro atoms. The summed E-state index contributed by atoms with van der Waals surface area (Å²) in [5, 5.41) is 3.37. The van der Waals surface area contributed by atoms with Crippen molar-refractivity contribution < 1.29 is 4.79 Å². The number of carbonyl (C=O) groups is 1. The van der Waals surface area contributed by atoms with E-state index < -0.39 is 0 Å². The number of hydrogen-bond acceptors (Lipinski definition) is 4. The smallest absolute Gasteiger partial charge is 0.257 e. The highest BCUT2D eigenvalue weighted by molar-refractivity contribution is 5.97. The summed E-state index contributed by atoms with van der Waals surface area (Å²) in [5.41, 5.74) is 2.90. The summed E-state index contributed by atoms with van der Waals surface area (Å²) >= 11 is 0. The third-order valence-corrected chi connectivity index (χ3v) is 5.51. The second-order valence-corrected chi connectivity index (χ2v) is 7.66. The van der Waals surface area contributed by atoms with E-state index in [2.05, 4.69) is 39.3 Å². The molecular formula is C23H27ClN4O2. The van der Waals surface area contributed by atoms with Crippen LogP contribution in [0.3, 0.4) is 0 Å². The Kier molecular flexibility index (Phi) is 7.26. The van der Waals surface area contributed by atoms with Gasteiger partial charge in [0.1, 0.15) is 5.56 Å². The van der Waals surface area contributed by atoms with E-state index in [1.807, 2.05) is 24.3 Å². The average Bonchev–Trinajstić information content (AvgIpc) is 2.75. The molecule has 7 heteroatoms. The molecule has 3 aromatic rings. The van der Waals surface area contributed by atoms with Crippen molar-refractivity contribution in [2.45, 2.75) is 13.1 Å². The number of fused-ring (bicyclic) bond motifs is 1. The Labute approximate surface area is 182 Å². The molecule has 0 aliphatic carbocycles. The van der Waals surface area contributed by atoms with Crippen molar-refractivity contribution in [1.82, 2.24) is 20.1 Å². The van der Waals surface area contributed by atoms with E-state index in [0.29, 0.717) is 11.9 Å². The van der Waals surface area contributed by atoms with Crippen LogP contribution in [0.2, 0.25) is 0 Å². The van der Waals surface area contributed by atoms with Crippen LogP contribution >= 0.6 is 12.4 Å². The highest BCUT2D eigenvalue weighted by atomic mass is 35.5. The monoisotopic (exact) mass is 426 g/mol. The summed E-state index contributed by atoms with van der Waals surface area (Å²) in [5.74, 6) is -0.362. The minimum Gasteiger partial charge on any atom is -0.360 e. The molecule has 0 unspecified atom stereocenters. The number of likely N-dealkylation sites (N-methyl/N-ethyl adjacent to an activating group) is 1. The van der Waals surface area contributed by atoms with Crippen LogP contribution in [0.25, 0.3) is 10.9 Å². The lowest BCUT2D eigenvalue weighted by Gasteiger charge is -2.32. The predicted octanol–water partition coefficient (Wildman–Crippen LogP) is 2.63. The molecule has 0 radical (unpaired) electrons. The van der Waals surface area contributed by atoms with Gasteiger partial charge in [0.25, 0.3) is 5.91 Å². The number of para-hydroxylation sites is 1. The number of amides is 1. The lowest BCUT2D eigenvalue weighted by atomic mass is 10.1. The first-order valence-corrected chi connectivity index (χ1v) is 9.97. The van der Waals surface area contributed by atoms with E-state index in [1.165, 1.54) is 11.8 Å². The largest absolute Gasteiger partial charge is 0.360 e. The van der Waals surface area contributed by atoms with Crippen LogP contribution in [0, 0.1) is 0 Å². The highest BCUT2D eigenvalue weighted by Gasteiger charge is 2.14. The van der Waals surface area contributed by atoms with Gasteiger partial charge in [-0.25, -0.2) is 0 Å². The van der Waals surface area contributed by atoms with E-state index in [0.717, 1.165) is 43.8 Å². The number of piperazine rings is 1.